The molecule has 0 saturated heterocycles. The molecule has 0 bridgehead atoms. The smallest absolute Gasteiger partial charge is 0.259 e. The van der Waals surface area contributed by atoms with Gasteiger partial charge < -0.3 is 9.73 Å². The van der Waals surface area contributed by atoms with Crippen molar-refractivity contribution in [3.63, 3.8) is 0 Å². The van der Waals surface area contributed by atoms with Crippen LogP contribution in [-0.4, -0.2) is 22.2 Å². The van der Waals surface area contributed by atoms with Crippen LogP contribution in [0.2, 0.25) is 0 Å². The molecule has 0 fully saturated rings. The summed E-state index contributed by atoms with van der Waals surface area (Å²) in [6.45, 7) is 4.50. The third-order valence-corrected chi connectivity index (χ3v) is 2.95. The molecule has 6 heteroatoms. The van der Waals surface area contributed by atoms with Crippen molar-refractivity contribution >= 4 is 11.3 Å². The van der Waals surface area contributed by atoms with Crippen LogP contribution in [0.25, 0.3) is 10.8 Å². The van der Waals surface area contributed by atoms with E-state index in [0.29, 0.717) is 18.3 Å². The van der Waals surface area contributed by atoms with Gasteiger partial charge in [0.1, 0.15) is 4.88 Å². The van der Waals surface area contributed by atoms with Crippen LogP contribution in [0.15, 0.2) is 4.42 Å². The van der Waals surface area contributed by atoms with Gasteiger partial charge in [0.05, 0.1) is 17.2 Å². The number of hydrogen-bond donors (Lipinski definition) is 1. The van der Waals surface area contributed by atoms with Gasteiger partial charge in [-0.05, 0) is 20.9 Å². The summed E-state index contributed by atoms with van der Waals surface area (Å²) in [5, 5.41) is 11.9. The average molecular weight is 224 g/mol. The molecule has 2 rings (SSSR count). The minimum atomic E-state index is 0.559. The predicted molar refractivity (Wildman–Crippen MR) is 57.6 cm³/mol. The number of rotatable bonds is 3. The lowest BCUT2D eigenvalue weighted by Crippen LogP contribution is -2.04. The molecule has 0 aliphatic heterocycles. The number of nitrogens with zero attached hydrogens (tertiary/aromatic N) is 3. The molecule has 0 unspecified atom stereocenters. The highest BCUT2D eigenvalue weighted by atomic mass is 32.1. The highest BCUT2D eigenvalue weighted by Gasteiger charge is 2.14. The zero-order valence-corrected chi connectivity index (χ0v) is 9.68. The van der Waals surface area contributed by atoms with Crippen LogP contribution in [-0.2, 0) is 6.54 Å². The maximum Gasteiger partial charge on any atom is 0.259 e. The van der Waals surface area contributed by atoms with Crippen molar-refractivity contribution in [2.45, 2.75) is 20.4 Å². The number of thiazole rings is 1. The molecule has 0 aliphatic rings. The minimum Gasteiger partial charge on any atom is -0.418 e. The van der Waals surface area contributed by atoms with Crippen LogP contribution in [0, 0.1) is 13.8 Å². The Morgan fingerprint density at radius 1 is 1.33 bits per heavy atom. The molecule has 0 atom stereocenters. The van der Waals surface area contributed by atoms with Crippen LogP contribution in [0.1, 0.15) is 16.6 Å². The van der Waals surface area contributed by atoms with Crippen LogP contribution < -0.4 is 5.32 Å². The van der Waals surface area contributed by atoms with Crippen molar-refractivity contribution in [3.05, 3.63) is 16.6 Å². The van der Waals surface area contributed by atoms with E-state index in [-0.39, 0.29) is 0 Å². The average Bonchev–Trinajstić information content (AvgIpc) is 2.73. The Balaban J connectivity index is 2.32. The Bertz CT molecular complexity index is 462. The Morgan fingerprint density at radius 2 is 2.13 bits per heavy atom. The lowest BCUT2D eigenvalue weighted by molar-refractivity contribution is 0.491. The van der Waals surface area contributed by atoms with E-state index in [1.54, 1.807) is 11.3 Å². The second kappa shape index (κ2) is 4.08. The molecule has 2 aromatic rings. The van der Waals surface area contributed by atoms with E-state index in [9.17, 15) is 0 Å². The standard InChI is InChI=1S/C9H12N4OS/c1-5-8(15-6(2)11-5)9-13-12-7(14-9)4-10-3/h10H,4H2,1-3H3. The number of aromatic nitrogens is 3. The predicted octanol–water partition coefficient (Wildman–Crippen LogP) is 1.53. The van der Waals surface area contributed by atoms with Crippen molar-refractivity contribution in [3.8, 4) is 10.8 Å². The van der Waals surface area contributed by atoms with Gasteiger partial charge in [-0.2, -0.15) is 0 Å². The summed E-state index contributed by atoms with van der Waals surface area (Å²) in [7, 11) is 1.84. The molecule has 2 aromatic heterocycles. The second-order valence-electron chi connectivity index (χ2n) is 3.18. The van der Waals surface area contributed by atoms with Crippen molar-refractivity contribution in [1.82, 2.24) is 20.5 Å². The van der Waals surface area contributed by atoms with Gasteiger partial charge >= 0.3 is 0 Å². The first kappa shape index (κ1) is 10.3. The van der Waals surface area contributed by atoms with Crippen LogP contribution in [0.5, 0.6) is 0 Å². The van der Waals surface area contributed by atoms with E-state index < -0.39 is 0 Å². The van der Waals surface area contributed by atoms with Crippen LogP contribution in [0.3, 0.4) is 0 Å². The van der Waals surface area contributed by atoms with E-state index >= 15 is 0 Å². The molecule has 1 N–H and O–H groups in total. The maximum atomic E-state index is 5.49. The molecule has 0 saturated carbocycles. The summed E-state index contributed by atoms with van der Waals surface area (Å²) in [4.78, 5) is 5.28. The molecule has 0 spiro atoms. The molecular formula is C9H12N4OS. The first-order valence-electron chi connectivity index (χ1n) is 4.62. The SMILES string of the molecule is CNCc1nnc(-c2sc(C)nc2C)o1. The first-order chi connectivity index (χ1) is 7.20. The van der Waals surface area contributed by atoms with Crippen LogP contribution >= 0.6 is 11.3 Å². The maximum absolute atomic E-state index is 5.49. The van der Waals surface area contributed by atoms with Crippen molar-refractivity contribution in [2.75, 3.05) is 7.05 Å². The lowest BCUT2D eigenvalue weighted by Gasteiger charge is -1.90. The van der Waals surface area contributed by atoms with Crippen molar-refractivity contribution in [2.24, 2.45) is 0 Å². The zero-order chi connectivity index (χ0) is 10.8. The van der Waals surface area contributed by atoms with Crippen molar-refractivity contribution < 1.29 is 4.42 Å². The summed E-state index contributed by atoms with van der Waals surface area (Å²) in [6.07, 6.45) is 0. The normalized spacial score (nSPS) is 10.9. The molecule has 15 heavy (non-hydrogen) atoms. The fourth-order valence-corrected chi connectivity index (χ4v) is 2.14. The summed E-state index contributed by atoms with van der Waals surface area (Å²) < 4.78 is 5.49. The third kappa shape index (κ3) is 2.05. The second-order valence-corrected chi connectivity index (χ2v) is 4.38. The molecule has 0 aromatic carbocycles. The highest BCUT2D eigenvalue weighted by Crippen LogP contribution is 2.28. The molecule has 80 valence electrons. The van der Waals surface area contributed by atoms with E-state index in [0.717, 1.165) is 15.6 Å². The number of aryl methyl sites for hydroxylation is 2. The van der Waals surface area contributed by atoms with E-state index in [1.807, 2.05) is 20.9 Å². The van der Waals surface area contributed by atoms with Gasteiger partial charge in [0.2, 0.25) is 5.89 Å². The van der Waals surface area contributed by atoms with Crippen molar-refractivity contribution in [1.29, 1.82) is 0 Å². The summed E-state index contributed by atoms with van der Waals surface area (Å²) in [5.74, 6) is 1.15. The van der Waals surface area contributed by atoms with Gasteiger partial charge in [0.15, 0.2) is 0 Å². The summed E-state index contributed by atoms with van der Waals surface area (Å²) in [6, 6.07) is 0. The van der Waals surface area contributed by atoms with Crippen LogP contribution in [0.4, 0.5) is 0 Å². The van der Waals surface area contributed by atoms with Gasteiger partial charge in [0, 0.05) is 0 Å². The highest BCUT2D eigenvalue weighted by molar-refractivity contribution is 7.15. The topological polar surface area (TPSA) is 63.8 Å². The fourth-order valence-electron chi connectivity index (χ4n) is 1.30. The lowest BCUT2D eigenvalue weighted by atomic mass is 10.4. The van der Waals surface area contributed by atoms with E-state index in [2.05, 4.69) is 20.5 Å². The molecule has 0 aliphatic carbocycles. The molecule has 2 heterocycles. The van der Waals surface area contributed by atoms with Gasteiger partial charge in [-0.1, -0.05) is 0 Å². The third-order valence-electron chi connectivity index (χ3n) is 1.89. The minimum absolute atomic E-state index is 0.559. The zero-order valence-electron chi connectivity index (χ0n) is 8.87. The Kier molecular flexibility index (Phi) is 2.79. The van der Waals surface area contributed by atoms with Gasteiger partial charge in [-0.3, -0.25) is 0 Å². The fraction of sp³-hybridized carbons (Fsp3) is 0.444. The Hall–Kier alpha value is -1.27. The number of nitrogens with one attached hydrogen (secondary N) is 1. The summed E-state index contributed by atoms with van der Waals surface area (Å²) in [5.41, 5.74) is 0.942. The van der Waals surface area contributed by atoms with Gasteiger partial charge in [0.25, 0.3) is 5.89 Å². The largest absolute Gasteiger partial charge is 0.418 e. The van der Waals surface area contributed by atoms with Gasteiger partial charge in [-0.25, -0.2) is 4.98 Å². The molecule has 0 radical (unpaired) electrons. The monoisotopic (exact) mass is 224 g/mol. The Labute approximate surface area is 91.6 Å². The summed E-state index contributed by atoms with van der Waals surface area (Å²) >= 11 is 1.57. The van der Waals surface area contributed by atoms with E-state index in [1.165, 1.54) is 0 Å². The number of hydrogen-bond acceptors (Lipinski definition) is 6. The molecular weight excluding hydrogens is 212 g/mol. The first-order valence-corrected chi connectivity index (χ1v) is 5.43. The van der Waals surface area contributed by atoms with Gasteiger partial charge in [-0.15, -0.1) is 21.5 Å². The van der Waals surface area contributed by atoms with E-state index in [4.69, 9.17) is 4.42 Å². The molecule has 0 amide bonds. The molecule has 5 nitrogen and oxygen atoms in total. The Morgan fingerprint density at radius 3 is 2.73 bits per heavy atom. The quantitative estimate of drug-likeness (QED) is 0.856.